The monoisotopic (exact) mass is 300 g/mol. The van der Waals surface area contributed by atoms with Crippen LogP contribution in [0.2, 0.25) is 0 Å². The molecular formula is C13H20N2O4S. The zero-order chi connectivity index (χ0) is 15.7. The molecule has 0 aliphatic rings. The minimum absolute atomic E-state index is 0.0526. The molecule has 0 heterocycles. The highest BCUT2D eigenvalue weighted by Crippen LogP contribution is 2.25. The van der Waals surface area contributed by atoms with Crippen LogP contribution in [0.25, 0.3) is 0 Å². The number of benzene rings is 1. The molecule has 0 aliphatic heterocycles. The molecule has 20 heavy (non-hydrogen) atoms. The summed E-state index contributed by atoms with van der Waals surface area (Å²) in [4.78, 5) is 11.3. The van der Waals surface area contributed by atoms with Gasteiger partial charge in [-0.25, -0.2) is 4.79 Å². The van der Waals surface area contributed by atoms with Gasteiger partial charge >= 0.3 is 16.2 Å². The summed E-state index contributed by atoms with van der Waals surface area (Å²) in [5.74, 6) is -1.17. The number of carboxylic acid groups (broad SMARTS) is 1. The molecule has 1 aromatic rings. The molecule has 1 rings (SSSR count). The standard InChI is InChI=1S/C13H20N2O4S/c1-8(2)15(5)20(18,19)14-12-10(4)6-9(3)7-11(12)13(16)17/h6-8,14H,1-5H3,(H,16,17). The van der Waals surface area contributed by atoms with E-state index in [2.05, 4.69) is 4.72 Å². The fourth-order valence-electron chi connectivity index (χ4n) is 1.75. The average molecular weight is 300 g/mol. The number of nitrogens with zero attached hydrogens (tertiary/aromatic N) is 1. The SMILES string of the molecule is Cc1cc(C)c(NS(=O)(=O)N(C)C(C)C)c(C(=O)O)c1. The highest BCUT2D eigenvalue weighted by atomic mass is 32.2. The van der Waals surface area contributed by atoms with E-state index in [0.717, 1.165) is 9.87 Å². The second kappa shape index (κ2) is 5.80. The smallest absolute Gasteiger partial charge is 0.337 e. The van der Waals surface area contributed by atoms with Gasteiger partial charge in [-0.05, 0) is 44.9 Å². The Bertz CT molecular complexity index is 624. The molecule has 7 heteroatoms. The molecule has 0 unspecified atom stereocenters. The third-order valence-electron chi connectivity index (χ3n) is 3.05. The summed E-state index contributed by atoms with van der Waals surface area (Å²) >= 11 is 0. The van der Waals surface area contributed by atoms with Crippen molar-refractivity contribution in [2.24, 2.45) is 0 Å². The fourth-order valence-corrected chi connectivity index (χ4v) is 2.98. The molecule has 2 N–H and O–H groups in total. The largest absolute Gasteiger partial charge is 0.478 e. The summed E-state index contributed by atoms with van der Waals surface area (Å²) in [7, 11) is -2.34. The third-order valence-corrected chi connectivity index (χ3v) is 4.69. The number of aryl methyl sites for hydroxylation is 2. The normalized spacial score (nSPS) is 11.9. The van der Waals surface area contributed by atoms with Crippen LogP contribution in [-0.2, 0) is 10.2 Å². The number of hydrogen-bond acceptors (Lipinski definition) is 3. The maximum absolute atomic E-state index is 12.2. The Labute approximate surface area is 119 Å². The van der Waals surface area contributed by atoms with Gasteiger partial charge in [-0.15, -0.1) is 0 Å². The number of aromatic carboxylic acids is 1. The van der Waals surface area contributed by atoms with Crippen LogP contribution in [0, 0.1) is 13.8 Å². The van der Waals surface area contributed by atoms with E-state index in [-0.39, 0.29) is 17.3 Å². The minimum Gasteiger partial charge on any atom is -0.478 e. The van der Waals surface area contributed by atoms with Crippen LogP contribution in [-0.4, -0.2) is 36.9 Å². The molecule has 0 amide bonds. The molecule has 0 spiro atoms. The van der Waals surface area contributed by atoms with E-state index in [1.807, 2.05) is 0 Å². The molecule has 0 saturated carbocycles. The molecule has 0 atom stereocenters. The van der Waals surface area contributed by atoms with Crippen molar-refractivity contribution in [2.75, 3.05) is 11.8 Å². The molecule has 0 saturated heterocycles. The van der Waals surface area contributed by atoms with Gasteiger partial charge in [-0.1, -0.05) is 6.07 Å². The lowest BCUT2D eigenvalue weighted by Crippen LogP contribution is -2.37. The van der Waals surface area contributed by atoms with Crippen LogP contribution in [0.4, 0.5) is 5.69 Å². The predicted octanol–water partition coefficient (Wildman–Crippen LogP) is 2.00. The Morgan fingerprint density at radius 2 is 1.85 bits per heavy atom. The lowest BCUT2D eigenvalue weighted by molar-refractivity contribution is 0.0698. The van der Waals surface area contributed by atoms with Gasteiger partial charge in [0.15, 0.2) is 0 Å². The zero-order valence-corrected chi connectivity index (χ0v) is 13.1. The minimum atomic E-state index is -3.78. The average Bonchev–Trinajstić information content (AvgIpc) is 2.30. The van der Waals surface area contributed by atoms with Crippen molar-refractivity contribution in [3.8, 4) is 0 Å². The van der Waals surface area contributed by atoms with Crippen molar-refractivity contribution in [2.45, 2.75) is 33.7 Å². The molecule has 0 bridgehead atoms. The van der Waals surface area contributed by atoms with Crippen LogP contribution in [0.15, 0.2) is 12.1 Å². The van der Waals surface area contributed by atoms with Crippen molar-refractivity contribution < 1.29 is 18.3 Å². The molecule has 0 aromatic heterocycles. The van der Waals surface area contributed by atoms with Crippen LogP contribution >= 0.6 is 0 Å². The van der Waals surface area contributed by atoms with E-state index in [0.29, 0.717) is 5.56 Å². The van der Waals surface area contributed by atoms with Crippen molar-refractivity contribution in [3.63, 3.8) is 0 Å². The summed E-state index contributed by atoms with van der Waals surface area (Å²) in [6, 6.07) is 2.95. The Morgan fingerprint density at radius 3 is 2.30 bits per heavy atom. The van der Waals surface area contributed by atoms with Crippen molar-refractivity contribution >= 4 is 21.9 Å². The lowest BCUT2D eigenvalue weighted by Gasteiger charge is -2.23. The van der Waals surface area contributed by atoms with Gasteiger partial charge in [0.2, 0.25) is 0 Å². The molecule has 112 valence electrons. The summed E-state index contributed by atoms with van der Waals surface area (Å²) in [5.41, 5.74) is 1.39. The molecule has 0 fully saturated rings. The van der Waals surface area contributed by atoms with Gasteiger partial charge in [0.25, 0.3) is 0 Å². The number of hydrogen-bond donors (Lipinski definition) is 2. The fraction of sp³-hybridized carbons (Fsp3) is 0.462. The third kappa shape index (κ3) is 3.49. The van der Waals surface area contributed by atoms with Gasteiger partial charge in [0.05, 0.1) is 11.3 Å². The van der Waals surface area contributed by atoms with Crippen molar-refractivity contribution in [1.29, 1.82) is 0 Å². The number of nitrogens with one attached hydrogen (secondary N) is 1. The lowest BCUT2D eigenvalue weighted by atomic mass is 10.0. The van der Waals surface area contributed by atoms with Crippen molar-refractivity contribution in [1.82, 2.24) is 4.31 Å². The van der Waals surface area contributed by atoms with E-state index in [4.69, 9.17) is 0 Å². The van der Waals surface area contributed by atoms with Crippen LogP contribution in [0.5, 0.6) is 0 Å². The Morgan fingerprint density at radius 1 is 1.30 bits per heavy atom. The van der Waals surface area contributed by atoms with Gasteiger partial charge in [-0.2, -0.15) is 12.7 Å². The first-order chi connectivity index (χ1) is 9.06. The van der Waals surface area contributed by atoms with E-state index in [9.17, 15) is 18.3 Å². The van der Waals surface area contributed by atoms with E-state index < -0.39 is 16.2 Å². The van der Waals surface area contributed by atoms with Gasteiger partial charge in [-0.3, -0.25) is 4.72 Å². The molecule has 0 aliphatic carbocycles. The number of anilines is 1. The second-order valence-corrected chi connectivity index (χ2v) is 6.76. The first-order valence-corrected chi connectivity index (χ1v) is 7.60. The van der Waals surface area contributed by atoms with E-state index in [1.54, 1.807) is 33.8 Å². The molecule has 1 aromatic carbocycles. The van der Waals surface area contributed by atoms with E-state index in [1.165, 1.54) is 13.1 Å². The maximum atomic E-state index is 12.2. The first kappa shape index (κ1) is 16.5. The Kier molecular flexibility index (Phi) is 4.77. The second-order valence-electron chi connectivity index (χ2n) is 5.03. The predicted molar refractivity (Wildman–Crippen MR) is 78.3 cm³/mol. The number of carbonyl (C=O) groups is 1. The van der Waals surface area contributed by atoms with E-state index >= 15 is 0 Å². The molecule has 0 radical (unpaired) electrons. The zero-order valence-electron chi connectivity index (χ0n) is 12.3. The topological polar surface area (TPSA) is 86.7 Å². The summed E-state index contributed by atoms with van der Waals surface area (Å²) in [6.07, 6.45) is 0. The summed E-state index contributed by atoms with van der Waals surface area (Å²) in [6.45, 7) is 6.91. The van der Waals surface area contributed by atoms with Crippen molar-refractivity contribution in [3.05, 3.63) is 28.8 Å². The summed E-state index contributed by atoms with van der Waals surface area (Å²) in [5, 5.41) is 9.21. The Hall–Kier alpha value is -1.60. The van der Waals surface area contributed by atoms with Gasteiger partial charge in [0.1, 0.15) is 0 Å². The number of carboxylic acids is 1. The summed E-state index contributed by atoms with van der Waals surface area (Å²) < 4.78 is 27.9. The van der Waals surface area contributed by atoms with Gasteiger partial charge < -0.3 is 5.11 Å². The first-order valence-electron chi connectivity index (χ1n) is 6.16. The maximum Gasteiger partial charge on any atom is 0.337 e. The quantitative estimate of drug-likeness (QED) is 0.870. The highest BCUT2D eigenvalue weighted by molar-refractivity contribution is 7.90. The van der Waals surface area contributed by atoms with Crippen LogP contribution in [0.1, 0.15) is 35.3 Å². The highest BCUT2D eigenvalue weighted by Gasteiger charge is 2.24. The number of rotatable bonds is 5. The van der Waals surface area contributed by atoms with Gasteiger partial charge in [0, 0.05) is 13.1 Å². The van der Waals surface area contributed by atoms with Crippen LogP contribution < -0.4 is 4.72 Å². The van der Waals surface area contributed by atoms with Crippen LogP contribution in [0.3, 0.4) is 0 Å². The molecular weight excluding hydrogens is 280 g/mol. The Balaban J connectivity index is 3.32. The molecule has 6 nitrogen and oxygen atoms in total.